The third-order valence-corrected chi connectivity index (χ3v) is 2.83. The molecule has 1 unspecified atom stereocenters. The van der Waals surface area contributed by atoms with Crippen molar-refractivity contribution in [2.24, 2.45) is 5.92 Å². The van der Waals surface area contributed by atoms with Crippen LogP contribution in [-0.2, 0) is 4.79 Å². The van der Waals surface area contributed by atoms with Gasteiger partial charge in [0.1, 0.15) is 5.75 Å². The fraction of sp³-hybridized carbons (Fsp3) is 0.533. The quantitative estimate of drug-likeness (QED) is 0.710. The Bertz CT molecular complexity index is 393. The van der Waals surface area contributed by atoms with E-state index in [2.05, 4.69) is 17.6 Å². The minimum atomic E-state index is -0.0605. The number of anilines is 1. The Kier molecular flexibility index (Phi) is 6.97. The first-order valence-electron chi connectivity index (χ1n) is 6.85. The number of ether oxygens (including phenoxy) is 1. The van der Waals surface area contributed by atoms with E-state index >= 15 is 0 Å². The van der Waals surface area contributed by atoms with Crippen LogP contribution in [0.3, 0.4) is 0 Å². The van der Waals surface area contributed by atoms with Crippen molar-refractivity contribution in [1.82, 2.24) is 5.32 Å². The van der Waals surface area contributed by atoms with E-state index in [1.165, 1.54) is 0 Å². The van der Waals surface area contributed by atoms with Crippen LogP contribution in [0.2, 0.25) is 0 Å². The number of carbonyl (C=O) groups is 1. The van der Waals surface area contributed by atoms with E-state index in [9.17, 15) is 4.79 Å². The van der Waals surface area contributed by atoms with Gasteiger partial charge < -0.3 is 15.4 Å². The summed E-state index contributed by atoms with van der Waals surface area (Å²) in [5.41, 5.74) is 0.780. The Labute approximate surface area is 115 Å². The smallest absolute Gasteiger partial charge is 0.228 e. The molecule has 0 aliphatic heterocycles. The van der Waals surface area contributed by atoms with E-state index in [1.54, 1.807) is 0 Å². The van der Waals surface area contributed by atoms with Crippen LogP contribution >= 0.6 is 0 Å². The predicted molar refractivity (Wildman–Crippen MR) is 78.6 cm³/mol. The lowest BCUT2D eigenvalue weighted by molar-refractivity contribution is -0.119. The van der Waals surface area contributed by atoms with Gasteiger partial charge in [0.2, 0.25) is 5.91 Å². The van der Waals surface area contributed by atoms with Gasteiger partial charge in [-0.15, -0.1) is 0 Å². The molecule has 1 aromatic rings. The Morgan fingerprint density at radius 1 is 1.42 bits per heavy atom. The number of unbranched alkanes of at least 4 members (excludes halogenated alkanes) is 1. The van der Waals surface area contributed by atoms with Gasteiger partial charge in [0, 0.05) is 24.2 Å². The summed E-state index contributed by atoms with van der Waals surface area (Å²) in [7, 11) is 1.84. The average Bonchev–Trinajstić information content (AvgIpc) is 2.40. The van der Waals surface area contributed by atoms with Crippen molar-refractivity contribution in [3.63, 3.8) is 0 Å². The minimum absolute atomic E-state index is 0.0139. The fourth-order valence-electron chi connectivity index (χ4n) is 1.66. The zero-order chi connectivity index (χ0) is 14.1. The molecule has 4 nitrogen and oxygen atoms in total. The van der Waals surface area contributed by atoms with Crippen molar-refractivity contribution >= 4 is 11.6 Å². The molecule has 0 bridgehead atoms. The molecule has 0 saturated heterocycles. The Morgan fingerprint density at radius 3 is 2.89 bits per heavy atom. The summed E-state index contributed by atoms with van der Waals surface area (Å²) in [6.07, 6.45) is 2.15. The van der Waals surface area contributed by atoms with Crippen molar-refractivity contribution in [3.8, 4) is 5.75 Å². The Hall–Kier alpha value is -1.55. The molecule has 2 N–H and O–H groups in total. The van der Waals surface area contributed by atoms with E-state index in [-0.39, 0.29) is 11.8 Å². The summed E-state index contributed by atoms with van der Waals surface area (Å²) in [5, 5.41) is 5.89. The minimum Gasteiger partial charge on any atom is -0.494 e. The highest BCUT2D eigenvalue weighted by Crippen LogP contribution is 2.18. The normalized spacial score (nSPS) is 11.9. The van der Waals surface area contributed by atoms with Crippen LogP contribution in [0.4, 0.5) is 5.69 Å². The molecular formula is C15H24N2O2. The van der Waals surface area contributed by atoms with E-state index in [1.807, 2.05) is 38.2 Å². The first-order valence-corrected chi connectivity index (χ1v) is 6.85. The van der Waals surface area contributed by atoms with E-state index < -0.39 is 0 Å². The molecule has 0 saturated carbocycles. The second-order valence-electron chi connectivity index (χ2n) is 4.68. The van der Waals surface area contributed by atoms with Gasteiger partial charge in [-0.05, 0) is 25.6 Å². The van der Waals surface area contributed by atoms with Gasteiger partial charge in [-0.3, -0.25) is 4.79 Å². The van der Waals surface area contributed by atoms with E-state index in [4.69, 9.17) is 4.74 Å². The number of rotatable bonds is 8. The third-order valence-electron chi connectivity index (χ3n) is 2.83. The summed E-state index contributed by atoms with van der Waals surface area (Å²) >= 11 is 0. The largest absolute Gasteiger partial charge is 0.494 e. The fourth-order valence-corrected chi connectivity index (χ4v) is 1.66. The van der Waals surface area contributed by atoms with Crippen LogP contribution in [0.5, 0.6) is 5.75 Å². The zero-order valence-electron chi connectivity index (χ0n) is 12.0. The van der Waals surface area contributed by atoms with Crippen molar-refractivity contribution in [3.05, 3.63) is 24.3 Å². The Balaban J connectivity index is 2.54. The van der Waals surface area contributed by atoms with Gasteiger partial charge in [-0.25, -0.2) is 0 Å². The number of hydrogen-bond acceptors (Lipinski definition) is 3. The lowest BCUT2D eigenvalue weighted by Gasteiger charge is -2.12. The summed E-state index contributed by atoms with van der Waals surface area (Å²) in [4.78, 5) is 11.9. The van der Waals surface area contributed by atoms with Gasteiger partial charge in [-0.1, -0.05) is 26.3 Å². The van der Waals surface area contributed by atoms with Gasteiger partial charge in [0.25, 0.3) is 0 Å². The molecule has 1 atom stereocenters. The molecule has 4 heteroatoms. The predicted octanol–water partition coefficient (Wildman–Crippen LogP) is 2.66. The van der Waals surface area contributed by atoms with Crippen molar-refractivity contribution in [1.29, 1.82) is 0 Å². The van der Waals surface area contributed by atoms with Crippen LogP contribution in [0.25, 0.3) is 0 Å². The number of hydrogen-bond donors (Lipinski definition) is 2. The van der Waals surface area contributed by atoms with Gasteiger partial charge >= 0.3 is 0 Å². The molecule has 0 radical (unpaired) electrons. The monoisotopic (exact) mass is 264 g/mol. The topological polar surface area (TPSA) is 50.4 Å². The van der Waals surface area contributed by atoms with Crippen LogP contribution in [0, 0.1) is 5.92 Å². The number of amides is 1. The van der Waals surface area contributed by atoms with Crippen LogP contribution < -0.4 is 15.4 Å². The van der Waals surface area contributed by atoms with Crippen molar-refractivity contribution in [2.75, 3.05) is 25.5 Å². The van der Waals surface area contributed by atoms with Crippen LogP contribution in [0.15, 0.2) is 24.3 Å². The molecule has 0 heterocycles. The number of carbonyl (C=O) groups excluding carboxylic acids is 1. The molecule has 0 aliphatic rings. The summed E-state index contributed by atoms with van der Waals surface area (Å²) in [6, 6.07) is 7.53. The second kappa shape index (κ2) is 8.53. The lowest BCUT2D eigenvalue weighted by Crippen LogP contribution is -2.28. The maximum atomic E-state index is 11.9. The SMILES string of the molecule is CCCCOc1cccc(NC(=O)C(C)CNC)c1. The molecule has 1 amide bonds. The second-order valence-corrected chi connectivity index (χ2v) is 4.68. The number of nitrogens with one attached hydrogen (secondary N) is 2. The molecule has 0 fully saturated rings. The van der Waals surface area contributed by atoms with Crippen molar-refractivity contribution in [2.45, 2.75) is 26.7 Å². The van der Waals surface area contributed by atoms with Crippen LogP contribution in [0.1, 0.15) is 26.7 Å². The highest BCUT2D eigenvalue weighted by atomic mass is 16.5. The summed E-state index contributed by atoms with van der Waals surface area (Å²) < 4.78 is 5.61. The average molecular weight is 264 g/mol. The lowest BCUT2D eigenvalue weighted by atomic mass is 10.1. The molecule has 1 aromatic carbocycles. The van der Waals surface area contributed by atoms with E-state index in [0.29, 0.717) is 13.2 Å². The molecule has 106 valence electrons. The van der Waals surface area contributed by atoms with E-state index in [0.717, 1.165) is 24.3 Å². The van der Waals surface area contributed by atoms with Crippen molar-refractivity contribution < 1.29 is 9.53 Å². The van der Waals surface area contributed by atoms with Crippen LogP contribution in [-0.4, -0.2) is 26.1 Å². The first kappa shape index (κ1) is 15.5. The zero-order valence-corrected chi connectivity index (χ0v) is 12.0. The first-order chi connectivity index (χ1) is 9.17. The molecule has 19 heavy (non-hydrogen) atoms. The standard InChI is InChI=1S/C15H24N2O2/c1-4-5-9-19-14-8-6-7-13(10-14)17-15(18)12(2)11-16-3/h6-8,10,12,16H,4-5,9,11H2,1-3H3,(H,17,18). The molecule has 1 rings (SSSR count). The Morgan fingerprint density at radius 2 is 2.21 bits per heavy atom. The highest BCUT2D eigenvalue weighted by Gasteiger charge is 2.11. The summed E-state index contributed by atoms with van der Waals surface area (Å²) in [5.74, 6) is 0.752. The van der Waals surface area contributed by atoms with Gasteiger partial charge in [0.15, 0.2) is 0 Å². The van der Waals surface area contributed by atoms with Gasteiger partial charge in [-0.2, -0.15) is 0 Å². The maximum Gasteiger partial charge on any atom is 0.228 e. The molecule has 0 spiro atoms. The molecule has 0 aromatic heterocycles. The molecular weight excluding hydrogens is 240 g/mol. The summed E-state index contributed by atoms with van der Waals surface area (Å²) in [6.45, 7) is 5.40. The highest BCUT2D eigenvalue weighted by molar-refractivity contribution is 5.92. The maximum absolute atomic E-state index is 11.9. The molecule has 0 aliphatic carbocycles. The number of benzene rings is 1. The van der Waals surface area contributed by atoms with Gasteiger partial charge in [0.05, 0.1) is 6.61 Å². The third kappa shape index (κ3) is 5.75.